The Hall–Kier alpha value is -2.33. The number of benzene rings is 1. The Balaban J connectivity index is 1.57. The summed E-state index contributed by atoms with van der Waals surface area (Å²) >= 11 is 7.18. The van der Waals surface area contributed by atoms with E-state index in [1.807, 2.05) is 17.5 Å². The minimum absolute atomic E-state index is 0.0402. The molecule has 0 fully saturated rings. The van der Waals surface area contributed by atoms with Gasteiger partial charge in [-0.05, 0) is 43.3 Å². The van der Waals surface area contributed by atoms with Gasteiger partial charge in [0.15, 0.2) is 0 Å². The van der Waals surface area contributed by atoms with Gasteiger partial charge in [0.05, 0.1) is 23.2 Å². The van der Waals surface area contributed by atoms with Crippen LogP contribution in [0.1, 0.15) is 11.9 Å². The molecule has 146 valence electrons. The molecule has 0 radical (unpaired) electrons. The molecule has 0 aliphatic rings. The van der Waals surface area contributed by atoms with Gasteiger partial charge in [0, 0.05) is 28.4 Å². The first-order valence-electron chi connectivity index (χ1n) is 8.25. The van der Waals surface area contributed by atoms with Gasteiger partial charge in [-0.1, -0.05) is 11.6 Å². The lowest BCUT2D eigenvalue weighted by Gasteiger charge is -2.14. The molecule has 10 heteroatoms. The smallest absolute Gasteiger partial charge is 0.241 e. The largest absolute Gasteiger partial charge is 0.348 e. The van der Waals surface area contributed by atoms with E-state index in [1.165, 1.54) is 42.5 Å². The van der Waals surface area contributed by atoms with E-state index in [0.717, 1.165) is 11.3 Å². The number of thiazole rings is 1. The standard InChI is InChI=1S/C18H17ClN4O3S2/c1-12(23-28(25,26)15-4-2-14(19)3-5-15)18(24)21-10-17-22-16(11-27-17)13-6-8-20-9-7-13/h2-9,11-12,23H,10H2,1H3,(H,21,24)/t12-/m0/s1. The Labute approximate surface area is 171 Å². The van der Waals surface area contributed by atoms with Crippen molar-refractivity contribution in [3.8, 4) is 11.3 Å². The normalized spacial score (nSPS) is 12.5. The average Bonchev–Trinajstić information content (AvgIpc) is 3.16. The quantitative estimate of drug-likeness (QED) is 0.593. The number of rotatable bonds is 7. The van der Waals surface area contributed by atoms with Gasteiger partial charge in [-0.15, -0.1) is 11.3 Å². The molecular formula is C18H17ClN4O3S2. The molecule has 0 unspecified atom stereocenters. The summed E-state index contributed by atoms with van der Waals surface area (Å²) in [5, 5.41) is 5.73. The monoisotopic (exact) mass is 436 g/mol. The fraction of sp³-hybridized carbons (Fsp3) is 0.167. The number of nitrogens with one attached hydrogen (secondary N) is 2. The molecule has 2 aromatic heterocycles. The number of sulfonamides is 1. The number of carbonyl (C=O) groups excluding carboxylic acids is 1. The highest BCUT2D eigenvalue weighted by molar-refractivity contribution is 7.89. The molecule has 7 nitrogen and oxygen atoms in total. The molecular weight excluding hydrogens is 420 g/mol. The molecule has 1 aromatic carbocycles. The molecule has 2 heterocycles. The predicted octanol–water partition coefficient (Wildman–Crippen LogP) is 2.84. The van der Waals surface area contributed by atoms with Crippen LogP contribution < -0.4 is 10.0 Å². The summed E-state index contributed by atoms with van der Waals surface area (Å²) in [4.78, 5) is 20.7. The molecule has 0 aliphatic heterocycles. The van der Waals surface area contributed by atoms with E-state index in [9.17, 15) is 13.2 Å². The van der Waals surface area contributed by atoms with Crippen LogP contribution in [0.15, 0.2) is 59.1 Å². The predicted molar refractivity (Wildman–Crippen MR) is 108 cm³/mol. The molecule has 0 spiro atoms. The fourth-order valence-corrected chi connectivity index (χ4v) is 4.40. The molecule has 0 saturated carbocycles. The van der Waals surface area contributed by atoms with E-state index in [1.54, 1.807) is 12.4 Å². The number of pyridine rings is 1. The lowest BCUT2D eigenvalue weighted by molar-refractivity contribution is -0.122. The van der Waals surface area contributed by atoms with Crippen molar-refractivity contribution in [1.29, 1.82) is 0 Å². The number of nitrogens with zero attached hydrogens (tertiary/aromatic N) is 2. The molecule has 1 atom stereocenters. The third-order valence-corrected chi connectivity index (χ3v) is 6.45. The third kappa shape index (κ3) is 5.14. The van der Waals surface area contributed by atoms with Crippen LogP contribution in [-0.4, -0.2) is 30.3 Å². The number of carbonyl (C=O) groups is 1. The Kier molecular flexibility index (Phi) is 6.40. The van der Waals surface area contributed by atoms with Crippen LogP contribution in [0.5, 0.6) is 0 Å². The van der Waals surface area contributed by atoms with Crippen molar-refractivity contribution in [3.63, 3.8) is 0 Å². The lowest BCUT2D eigenvalue weighted by Crippen LogP contribution is -2.44. The zero-order valence-electron chi connectivity index (χ0n) is 14.8. The van der Waals surface area contributed by atoms with Crippen molar-refractivity contribution in [1.82, 2.24) is 20.0 Å². The van der Waals surface area contributed by atoms with Gasteiger partial charge in [0.2, 0.25) is 15.9 Å². The SMILES string of the molecule is C[C@H](NS(=O)(=O)c1ccc(Cl)cc1)C(=O)NCc1nc(-c2ccncc2)cs1. The van der Waals surface area contributed by atoms with Crippen LogP contribution in [0.3, 0.4) is 0 Å². The first-order valence-corrected chi connectivity index (χ1v) is 11.0. The van der Waals surface area contributed by atoms with Crippen LogP contribution in [0.4, 0.5) is 0 Å². The molecule has 0 saturated heterocycles. The summed E-state index contributed by atoms with van der Waals surface area (Å²) in [6, 6.07) is 8.47. The van der Waals surface area contributed by atoms with Crippen LogP contribution in [0.2, 0.25) is 5.02 Å². The second kappa shape index (κ2) is 8.78. The van der Waals surface area contributed by atoms with E-state index in [4.69, 9.17) is 11.6 Å². The van der Waals surface area contributed by atoms with Crippen molar-refractivity contribution in [2.45, 2.75) is 24.4 Å². The van der Waals surface area contributed by atoms with Crippen molar-refractivity contribution in [3.05, 3.63) is 64.2 Å². The number of hydrogen-bond acceptors (Lipinski definition) is 6. The first-order chi connectivity index (χ1) is 13.3. The number of amides is 1. The lowest BCUT2D eigenvalue weighted by atomic mass is 10.2. The fourth-order valence-electron chi connectivity index (χ4n) is 2.33. The third-order valence-electron chi connectivity index (χ3n) is 3.79. The van der Waals surface area contributed by atoms with E-state index in [0.29, 0.717) is 10.0 Å². The maximum Gasteiger partial charge on any atom is 0.241 e. The van der Waals surface area contributed by atoms with Gasteiger partial charge in [0.1, 0.15) is 5.01 Å². The number of aromatic nitrogens is 2. The van der Waals surface area contributed by atoms with E-state index in [2.05, 4.69) is 20.0 Å². The van der Waals surface area contributed by atoms with Crippen molar-refractivity contribution < 1.29 is 13.2 Å². The van der Waals surface area contributed by atoms with Crippen molar-refractivity contribution >= 4 is 38.9 Å². The highest BCUT2D eigenvalue weighted by atomic mass is 35.5. The van der Waals surface area contributed by atoms with Crippen LogP contribution >= 0.6 is 22.9 Å². The maximum atomic E-state index is 12.3. The van der Waals surface area contributed by atoms with E-state index < -0.39 is 22.0 Å². The Morgan fingerprint density at radius 3 is 2.54 bits per heavy atom. The number of hydrogen-bond donors (Lipinski definition) is 2. The van der Waals surface area contributed by atoms with Crippen molar-refractivity contribution in [2.24, 2.45) is 0 Å². The zero-order valence-corrected chi connectivity index (χ0v) is 17.2. The molecule has 0 aliphatic carbocycles. The van der Waals surface area contributed by atoms with Gasteiger partial charge in [-0.3, -0.25) is 9.78 Å². The first kappa shape index (κ1) is 20.4. The van der Waals surface area contributed by atoms with Gasteiger partial charge in [-0.25, -0.2) is 13.4 Å². The Morgan fingerprint density at radius 1 is 1.18 bits per heavy atom. The highest BCUT2D eigenvalue weighted by Gasteiger charge is 2.22. The van der Waals surface area contributed by atoms with Gasteiger partial charge < -0.3 is 5.32 Å². The molecule has 2 N–H and O–H groups in total. The van der Waals surface area contributed by atoms with Gasteiger partial charge in [-0.2, -0.15) is 4.72 Å². The second-order valence-corrected chi connectivity index (χ2v) is 8.97. The van der Waals surface area contributed by atoms with Gasteiger partial charge >= 0.3 is 0 Å². The summed E-state index contributed by atoms with van der Waals surface area (Å²) < 4.78 is 27.0. The average molecular weight is 437 g/mol. The molecule has 0 bridgehead atoms. The minimum Gasteiger partial charge on any atom is -0.348 e. The molecule has 28 heavy (non-hydrogen) atoms. The van der Waals surface area contributed by atoms with E-state index in [-0.39, 0.29) is 11.4 Å². The summed E-state index contributed by atoms with van der Waals surface area (Å²) in [6.07, 6.45) is 3.37. The maximum absolute atomic E-state index is 12.3. The van der Waals surface area contributed by atoms with E-state index >= 15 is 0 Å². The Bertz CT molecular complexity index is 1050. The van der Waals surface area contributed by atoms with Crippen LogP contribution in [-0.2, 0) is 21.4 Å². The highest BCUT2D eigenvalue weighted by Crippen LogP contribution is 2.21. The topological polar surface area (TPSA) is 101 Å². The summed E-state index contributed by atoms with van der Waals surface area (Å²) in [5.74, 6) is -0.446. The summed E-state index contributed by atoms with van der Waals surface area (Å²) in [6.45, 7) is 1.69. The molecule has 3 aromatic rings. The number of halogens is 1. The Morgan fingerprint density at radius 2 is 1.86 bits per heavy atom. The van der Waals surface area contributed by atoms with Crippen molar-refractivity contribution in [2.75, 3.05) is 0 Å². The van der Waals surface area contributed by atoms with Crippen LogP contribution in [0, 0.1) is 0 Å². The van der Waals surface area contributed by atoms with Crippen LogP contribution in [0.25, 0.3) is 11.3 Å². The second-order valence-electron chi connectivity index (χ2n) is 5.88. The molecule has 1 amide bonds. The zero-order chi connectivity index (χ0) is 20.1. The van der Waals surface area contributed by atoms with Gasteiger partial charge in [0.25, 0.3) is 0 Å². The minimum atomic E-state index is -3.82. The molecule has 3 rings (SSSR count). The summed E-state index contributed by atoms with van der Waals surface area (Å²) in [7, 11) is -3.82. The summed E-state index contributed by atoms with van der Waals surface area (Å²) in [5.41, 5.74) is 1.74.